The van der Waals surface area contributed by atoms with Crippen molar-refractivity contribution in [1.29, 1.82) is 0 Å². The standard InChI is InChI=1S/C32H30N4O4/c1-4-8-28-27(31(37)36(20(3)33-28)24-12-14-29-23(18-24)15-19(2)39-29)17-21-11-13-25(22-9-6-5-7-10-22)26(16-21)30-34-32(38)40-35-30/h5-7,9-14,16,18-19H,4,8,15,17H2,1-3H3,(H,34,35,38). The summed E-state index contributed by atoms with van der Waals surface area (Å²) in [5.41, 5.74) is 6.78. The van der Waals surface area contributed by atoms with Crippen LogP contribution in [0.4, 0.5) is 0 Å². The summed E-state index contributed by atoms with van der Waals surface area (Å²) in [7, 11) is 0. The fraction of sp³-hybridized carbons (Fsp3) is 0.250. The number of hydrogen-bond acceptors (Lipinski definition) is 6. The lowest BCUT2D eigenvalue weighted by molar-refractivity contribution is 0.254. The Bertz CT molecular complexity index is 1820. The average Bonchev–Trinajstić information content (AvgIpc) is 3.55. The Morgan fingerprint density at radius 2 is 1.85 bits per heavy atom. The molecule has 2 aromatic heterocycles. The van der Waals surface area contributed by atoms with E-state index in [4.69, 9.17) is 14.2 Å². The average molecular weight is 535 g/mol. The summed E-state index contributed by atoms with van der Waals surface area (Å²) in [6.45, 7) is 6.01. The zero-order valence-electron chi connectivity index (χ0n) is 22.7. The first kappa shape index (κ1) is 25.6. The molecule has 202 valence electrons. The molecule has 3 heterocycles. The molecule has 1 atom stereocenters. The summed E-state index contributed by atoms with van der Waals surface area (Å²) in [6, 6.07) is 21.7. The number of benzene rings is 3. The van der Waals surface area contributed by atoms with Gasteiger partial charge in [-0.05, 0) is 66.8 Å². The first-order chi connectivity index (χ1) is 19.4. The van der Waals surface area contributed by atoms with Crippen LogP contribution in [0.15, 0.2) is 80.8 Å². The van der Waals surface area contributed by atoms with Gasteiger partial charge in [0.05, 0.1) is 11.4 Å². The quantitative estimate of drug-likeness (QED) is 0.299. The van der Waals surface area contributed by atoms with Gasteiger partial charge in [-0.3, -0.25) is 18.9 Å². The molecule has 8 heteroatoms. The van der Waals surface area contributed by atoms with Crippen LogP contribution in [0.3, 0.4) is 0 Å². The Balaban J connectivity index is 1.46. The third-order valence-electron chi connectivity index (χ3n) is 7.30. The molecule has 1 aliphatic heterocycles. The van der Waals surface area contributed by atoms with E-state index in [0.29, 0.717) is 30.1 Å². The van der Waals surface area contributed by atoms with Crippen molar-refractivity contribution in [2.24, 2.45) is 0 Å². The summed E-state index contributed by atoms with van der Waals surface area (Å²) in [4.78, 5) is 33.5. The Morgan fingerprint density at radius 3 is 2.60 bits per heavy atom. The van der Waals surface area contributed by atoms with Crippen LogP contribution in [-0.4, -0.2) is 25.8 Å². The van der Waals surface area contributed by atoms with Crippen molar-refractivity contribution >= 4 is 0 Å². The molecule has 0 radical (unpaired) electrons. The number of rotatable bonds is 7. The highest BCUT2D eigenvalue weighted by molar-refractivity contribution is 5.81. The van der Waals surface area contributed by atoms with Crippen LogP contribution < -0.4 is 16.1 Å². The van der Waals surface area contributed by atoms with Crippen LogP contribution in [0.2, 0.25) is 0 Å². The fourth-order valence-electron chi connectivity index (χ4n) is 5.51. The lowest BCUT2D eigenvalue weighted by Crippen LogP contribution is -2.28. The molecule has 0 fully saturated rings. The van der Waals surface area contributed by atoms with Gasteiger partial charge in [0.15, 0.2) is 5.82 Å². The van der Waals surface area contributed by atoms with Gasteiger partial charge in [0, 0.05) is 24.0 Å². The number of hydrogen-bond donors (Lipinski definition) is 1. The molecule has 0 spiro atoms. The fourth-order valence-corrected chi connectivity index (χ4v) is 5.51. The van der Waals surface area contributed by atoms with E-state index in [0.717, 1.165) is 57.8 Å². The minimum absolute atomic E-state index is 0.0774. The molecule has 6 rings (SSSR count). The number of aryl methyl sites for hydroxylation is 2. The molecule has 0 saturated heterocycles. The molecule has 0 saturated carbocycles. The van der Waals surface area contributed by atoms with Gasteiger partial charge < -0.3 is 4.74 Å². The molecule has 40 heavy (non-hydrogen) atoms. The van der Waals surface area contributed by atoms with Crippen LogP contribution in [0.5, 0.6) is 5.75 Å². The van der Waals surface area contributed by atoms with Crippen molar-refractivity contribution in [3.63, 3.8) is 0 Å². The first-order valence-electron chi connectivity index (χ1n) is 13.6. The second-order valence-electron chi connectivity index (χ2n) is 10.3. The van der Waals surface area contributed by atoms with E-state index in [2.05, 4.69) is 17.1 Å². The molecule has 3 aromatic carbocycles. The summed E-state index contributed by atoms with van der Waals surface area (Å²) in [5.74, 6) is 1.25. The maximum Gasteiger partial charge on any atom is 0.439 e. The van der Waals surface area contributed by atoms with Gasteiger partial charge >= 0.3 is 5.76 Å². The third kappa shape index (κ3) is 4.77. The zero-order valence-corrected chi connectivity index (χ0v) is 22.7. The van der Waals surface area contributed by atoms with Crippen molar-refractivity contribution in [1.82, 2.24) is 19.7 Å². The SMILES string of the molecule is CCCc1nc(C)n(-c2ccc3c(c2)CC(C)O3)c(=O)c1Cc1ccc(-c2ccccc2)c(-c2noc(=O)[nH]2)c1. The summed E-state index contributed by atoms with van der Waals surface area (Å²) in [5, 5.41) is 3.95. The second kappa shape index (κ2) is 10.4. The molecule has 1 unspecified atom stereocenters. The molecule has 0 aliphatic carbocycles. The highest BCUT2D eigenvalue weighted by atomic mass is 16.5. The number of aromatic nitrogens is 4. The van der Waals surface area contributed by atoms with E-state index < -0.39 is 5.76 Å². The Hall–Kier alpha value is -4.72. The van der Waals surface area contributed by atoms with Crippen LogP contribution in [-0.2, 0) is 19.3 Å². The van der Waals surface area contributed by atoms with Gasteiger partial charge in [-0.1, -0.05) is 61.0 Å². The maximum atomic E-state index is 14.1. The Morgan fingerprint density at radius 1 is 1.02 bits per heavy atom. The minimum Gasteiger partial charge on any atom is -0.490 e. The topological polar surface area (TPSA) is 103 Å². The zero-order chi connectivity index (χ0) is 27.8. The molecular formula is C32H30N4O4. The molecule has 0 amide bonds. The number of fused-ring (bicyclic) bond motifs is 1. The second-order valence-corrected chi connectivity index (χ2v) is 10.3. The lowest BCUT2D eigenvalue weighted by Gasteiger charge is -2.17. The highest BCUT2D eigenvalue weighted by Gasteiger charge is 2.22. The van der Waals surface area contributed by atoms with E-state index >= 15 is 0 Å². The smallest absolute Gasteiger partial charge is 0.439 e. The Labute approximate surface area is 231 Å². The highest BCUT2D eigenvalue weighted by Crippen LogP contribution is 2.32. The van der Waals surface area contributed by atoms with Gasteiger partial charge in [0.2, 0.25) is 0 Å². The van der Waals surface area contributed by atoms with Gasteiger partial charge in [0.25, 0.3) is 5.56 Å². The van der Waals surface area contributed by atoms with Gasteiger partial charge in [-0.25, -0.2) is 9.78 Å². The Kier molecular flexibility index (Phi) is 6.67. The van der Waals surface area contributed by atoms with Crippen molar-refractivity contribution < 1.29 is 9.26 Å². The van der Waals surface area contributed by atoms with Crippen LogP contribution in [0.1, 0.15) is 48.5 Å². The molecule has 0 bridgehead atoms. The third-order valence-corrected chi connectivity index (χ3v) is 7.30. The lowest BCUT2D eigenvalue weighted by atomic mass is 9.94. The van der Waals surface area contributed by atoms with E-state index in [-0.39, 0.29) is 11.7 Å². The number of nitrogens with zero attached hydrogens (tertiary/aromatic N) is 3. The van der Waals surface area contributed by atoms with Crippen molar-refractivity contribution in [3.05, 3.63) is 116 Å². The van der Waals surface area contributed by atoms with E-state index in [1.54, 1.807) is 4.57 Å². The van der Waals surface area contributed by atoms with Crippen LogP contribution >= 0.6 is 0 Å². The predicted molar refractivity (Wildman–Crippen MR) is 153 cm³/mol. The summed E-state index contributed by atoms with van der Waals surface area (Å²) in [6.07, 6.45) is 2.89. The minimum atomic E-state index is -0.621. The predicted octanol–water partition coefficient (Wildman–Crippen LogP) is 5.42. The largest absolute Gasteiger partial charge is 0.490 e. The number of nitrogens with one attached hydrogen (secondary N) is 1. The maximum absolute atomic E-state index is 14.1. The van der Waals surface area contributed by atoms with Gasteiger partial charge in [-0.15, -0.1) is 0 Å². The normalized spacial score (nSPS) is 14.2. The van der Waals surface area contributed by atoms with Gasteiger partial charge in [-0.2, -0.15) is 0 Å². The number of aromatic amines is 1. The monoisotopic (exact) mass is 534 g/mol. The molecule has 1 aliphatic rings. The number of H-pyrrole nitrogens is 1. The van der Waals surface area contributed by atoms with Crippen molar-refractivity contribution in [3.8, 4) is 34.0 Å². The molecule has 8 nitrogen and oxygen atoms in total. The molecular weight excluding hydrogens is 504 g/mol. The van der Waals surface area contributed by atoms with Crippen molar-refractivity contribution in [2.45, 2.75) is 52.6 Å². The van der Waals surface area contributed by atoms with E-state index in [1.165, 1.54) is 0 Å². The van der Waals surface area contributed by atoms with E-state index in [1.807, 2.05) is 80.6 Å². The number of ether oxygens (including phenoxy) is 1. The summed E-state index contributed by atoms with van der Waals surface area (Å²) < 4.78 is 12.4. The molecule has 1 N–H and O–H groups in total. The molecule has 5 aromatic rings. The summed E-state index contributed by atoms with van der Waals surface area (Å²) >= 11 is 0. The van der Waals surface area contributed by atoms with Crippen molar-refractivity contribution in [2.75, 3.05) is 0 Å². The van der Waals surface area contributed by atoms with Crippen LogP contribution in [0, 0.1) is 6.92 Å². The first-order valence-corrected chi connectivity index (χ1v) is 13.6. The van der Waals surface area contributed by atoms with Crippen LogP contribution in [0.25, 0.3) is 28.2 Å². The van der Waals surface area contributed by atoms with E-state index in [9.17, 15) is 9.59 Å². The van der Waals surface area contributed by atoms with Gasteiger partial charge in [0.1, 0.15) is 17.7 Å².